The molecular weight excluding hydrogens is 170 g/mol. The number of allylic oxidation sites excluding steroid dienone is 4. The Balaban J connectivity index is 2.73. The summed E-state index contributed by atoms with van der Waals surface area (Å²) in [5.74, 6) is 0.649. The summed E-state index contributed by atoms with van der Waals surface area (Å²) in [5.41, 5.74) is 3.09. The van der Waals surface area contributed by atoms with Crippen molar-refractivity contribution in [3.8, 4) is 0 Å². The van der Waals surface area contributed by atoms with E-state index in [0.717, 1.165) is 16.7 Å². The lowest BCUT2D eigenvalue weighted by Gasteiger charge is -2.07. The van der Waals surface area contributed by atoms with Crippen LogP contribution in [0.3, 0.4) is 0 Å². The fourth-order valence-electron chi connectivity index (χ4n) is 1.27. The topological polar surface area (TPSA) is 12.4 Å². The first-order chi connectivity index (χ1) is 6.70. The van der Waals surface area contributed by atoms with Crippen LogP contribution in [0.4, 0.5) is 0 Å². The van der Waals surface area contributed by atoms with Gasteiger partial charge in [-0.25, -0.2) is 0 Å². The molecule has 1 aliphatic rings. The van der Waals surface area contributed by atoms with Crippen LogP contribution >= 0.6 is 0 Å². The molecule has 0 atom stereocenters. The first-order valence-electron chi connectivity index (χ1n) is 4.89. The number of hydrogen-bond acceptors (Lipinski definition) is 1. The second-order valence-corrected chi connectivity index (χ2v) is 3.47. The summed E-state index contributed by atoms with van der Waals surface area (Å²) in [6.07, 6.45) is 7.81. The van der Waals surface area contributed by atoms with Gasteiger partial charge < -0.3 is 0 Å². The van der Waals surface area contributed by atoms with Crippen molar-refractivity contribution in [2.24, 2.45) is 10.9 Å². The van der Waals surface area contributed by atoms with Gasteiger partial charge in [0.1, 0.15) is 0 Å². The second kappa shape index (κ2) is 4.75. The van der Waals surface area contributed by atoms with Crippen molar-refractivity contribution in [3.05, 3.63) is 48.7 Å². The van der Waals surface area contributed by atoms with Crippen LogP contribution < -0.4 is 0 Å². The van der Waals surface area contributed by atoms with E-state index in [4.69, 9.17) is 0 Å². The lowest BCUT2D eigenvalue weighted by Crippen LogP contribution is -1.91. The van der Waals surface area contributed by atoms with Crippen molar-refractivity contribution in [1.82, 2.24) is 0 Å². The van der Waals surface area contributed by atoms with Gasteiger partial charge in [0.05, 0.1) is 0 Å². The normalized spacial score (nSPS) is 17.1. The molecule has 74 valence electrons. The molecule has 1 saturated carbocycles. The molecular formula is C13H17N. The highest BCUT2D eigenvalue weighted by Crippen LogP contribution is 2.40. The zero-order chi connectivity index (χ0) is 10.6. The zero-order valence-electron chi connectivity index (χ0n) is 8.79. The van der Waals surface area contributed by atoms with Crippen LogP contribution in [0.2, 0.25) is 0 Å². The molecule has 0 amide bonds. The maximum Gasteiger partial charge on any atom is 0.0341 e. The highest BCUT2D eigenvalue weighted by Gasteiger charge is 2.26. The molecule has 0 saturated heterocycles. The molecule has 0 aliphatic heterocycles. The molecule has 14 heavy (non-hydrogen) atoms. The van der Waals surface area contributed by atoms with Crippen molar-refractivity contribution in [1.29, 1.82) is 0 Å². The van der Waals surface area contributed by atoms with Gasteiger partial charge in [0.25, 0.3) is 0 Å². The smallest absolute Gasteiger partial charge is 0.0341 e. The molecule has 1 heteroatoms. The molecule has 0 aromatic heterocycles. The molecule has 1 rings (SSSR count). The van der Waals surface area contributed by atoms with Crippen molar-refractivity contribution < 1.29 is 0 Å². The van der Waals surface area contributed by atoms with Crippen LogP contribution in [0.25, 0.3) is 0 Å². The summed E-state index contributed by atoms with van der Waals surface area (Å²) in [4.78, 5) is 4.07. The van der Waals surface area contributed by atoms with Gasteiger partial charge >= 0.3 is 0 Å². The number of nitrogens with zero attached hydrogens (tertiary/aromatic N) is 1. The van der Waals surface area contributed by atoms with Crippen LogP contribution in [0.1, 0.15) is 19.8 Å². The molecule has 0 unspecified atom stereocenters. The highest BCUT2D eigenvalue weighted by atomic mass is 14.7. The minimum Gasteiger partial charge on any atom is -0.269 e. The summed E-state index contributed by atoms with van der Waals surface area (Å²) < 4.78 is 0. The Morgan fingerprint density at radius 3 is 2.43 bits per heavy atom. The predicted octanol–water partition coefficient (Wildman–Crippen LogP) is 3.67. The van der Waals surface area contributed by atoms with E-state index >= 15 is 0 Å². The molecule has 0 spiro atoms. The fraction of sp³-hybridized carbons (Fsp3) is 0.308. The van der Waals surface area contributed by atoms with Gasteiger partial charge in [-0.3, -0.25) is 4.99 Å². The zero-order valence-corrected chi connectivity index (χ0v) is 8.79. The first kappa shape index (κ1) is 10.7. The van der Waals surface area contributed by atoms with E-state index in [2.05, 4.69) is 24.7 Å². The lowest BCUT2D eigenvalue weighted by atomic mass is 9.98. The van der Waals surface area contributed by atoms with Gasteiger partial charge in [-0.1, -0.05) is 25.8 Å². The molecule has 0 heterocycles. The maximum atomic E-state index is 4.07. The van der Waals surface area contributed by atoms with Crippen molar-refractivity contribution in [3.63, 3.8) is 0 Å². The van der Waals surface area contributed by atoms with Crippen LogP contribution in [0.5, 0.6) is 0 Å². The fourth-order valence-corrected chi connectivity index (χ4v) is 1.27. The predicted molar refractivity (Wildman–Crippen MR) is 63.5 cm³/mol. The van der Waals surface area contributed by atoms with E-state index in [1.807, 2.05) is 6.92 Å². The number of rotatable bonds is 5. The maximum absolute atomic E-state index is 4.07. The number of aliphatic imine (C=N–C) groups is 1. The molecule has 1 fully saturated rings. The van der Waals surface area contributed by atoms with Gasteiger partial charge in [-0.15, -0.1) is 0 Å². The van der Waals surface area contributed by atoms with Gasteiger partial charge in [0.15, 0.2) is 0 Å². The highest BCUT2D eigenvalue weighted by molar-refractivity contribution is 5.56. The Kier molecular flexibility index (Phi) is 3.63. The molecule has 0 radical (unpaired) electrons. The third kappa shape index (κ3) is 2.56. The lowest BCUT2D eigenvalue weighted by molar-refractivity contribution is 1.03. The Morgan fingerprint density at radius 1 is 1.36 bits per heavy atom. The van der Waals surface area contributed by atoms with Crippen LogP contribution in [0, 0.1) is 5.92 Å². The van der Waals surface area contributed by atoms with Gasteiger partial charge in [0, 0.05) is 12.4 Å². The Bertz CT molecular complexity index is 314. The minimum absolute atomic E-state index is 0.649. The number of hydrogen-bond donors (Lipinski definition) is 0. The summed E-state index contributed by atoms with van der Waals surface area (Å²) in [7, 11) is 0. The van der Waals surface area contributed by atoms with E-state index in [1.165, 1.54) is 12.8 Å². The van der Waals surface area contributed by atoms with E-state index in [-0.39, 0.29) is 0 Å². The standard InChI is InChI=1S/C13H17N/c1-5-12(9-14-6-2)10(3)11(4)13-7-8-13/h5-6,9,13H,1,3-4,7-8H2,2H3/b12-9-,14-6?. The van der Waals surface area contributed by atoms with Crippen LogP contribution in [0.15, 0.2) is 53.7 Å². The summed E-state index contributed by atoms with van der Waals surface area (Å²) in [6, 6.07) is 0. The van der Waals surface area contributed by atoms with Gasteiger partial charge in [-0.2, -0.15) is 0 Å². The minimum atomic E-state index is 0.649. The molecule has 1 aliphatic carbocycles. The average Bonchev–Trinajstić information content (AvgIpc) is 3.01. The SMILES string of the molecule is C=C/C(=C/N=CC)C(=C)C(=C)C1CC1. The monoisotopic (exact) mass is 187 g/mol. The van der Waals surface area contributed by atoms with E-state index in [0.29, 0.717) is 5.92 Å². The molecule has 1 nitrogen and oxygen atoms in total. The third-order valence-electron chi connectivity index (χ3n) is 2.39. The third-order valence-corrected chi connectivity index (χ3v) is 2.39. The Morgan fingerprint density at radius 2 is 2.00 bits per heavy atom. The average molecular weight is 187 g/mol. The molecule has 0 aromatic rings. The molecule has 0 N–H and O–H groups in total. The first-order valence-corrected chi connectivity index (χ1v) is 4.89. The van der Waals surface area contributed by atoms with Crippen molar-refractivity contribution in [2.75, 3.05) is 0 Å². The van der Waals surface area contributed by atoms with Gasteiger partial charge in [0.2, 0.25) is 0 Å². The molecule has 0 aromatic carbocycles. The summed E-state index contributed by atoms with van der Waals surface area (Å²) in [5, 5.41) is 0. The van der Waals surface area contributed by atoms with Crippen molar-refractivity contribution in [2.45, 2.75) is 19.8 Å². The van der Waals surface area contributed by atoms with Crippen LogP contribution in [-0.4, -0.2) is 6.21 Å². The second-order valence-electron chi connectivity index (χ2n) is 3.47. The van der Waals surface area contributed by atoms with Crippen LogP contribution in [-0.2, 0) is 0 Å². The van der Waals surface area contributed by atoms with E-state index in [9.17, 15) is 0 Å². The summed E-state index contributed by atoms with van der Waals surface area (Å²) >= 11 is 0. The van der Waals surface area contributed by atoms with E-state index in [1.54, 1.807) is 18.5 Å². The summed E-state index contributed by atoms with van der Waals surface area (Å²) in [6.45, 7) is 13.7. The Hall–Kier alpha value is -1.37. The van der Waals surface area contributed by atoms with Gasteiger partial charge in [-0.05, 0) is 42.4 Å². The van der Waals surface area contributed by atoms with Crippen molar-refractivity contribution >= 4 is 6.21 Å². The largest absolute Gasteiger partial charge is 0.269 e. The quantitative estimate of drug-likeness (QED) is 0.460. The Labute approximate surface area is 86.2 Å². The molecule has 0 bridgehead atoms. The van der Waals surface area contributed by atoms with E-state index < -0.39 is 0 Å².